The van der Waals surface area contributed by atoms with Crippen LogP contribution in [0.25, 0.3) is 10.9 Å². The maximum atomic E-state index is 13.8. The molecule has 1 amide bonds. The SMILES string of the molecule is CC(C)(O)c1cc2nn(CCS(C)(=O)=O)cc2cc1N1C(C(N)=O)=CC=CC1C(F)F. The molecule has 3 N–H and O–H groups in total. The van der Waals surface area contributed by atoms with Crippen molar-refractivity contribution in [2.24, 2.45) is 5.73 Å². The highest BCUT2D eigenvalue weighted by Gasteiger charge is 2.36. The summed E-state index contributed by atoms with van der Waals surface area (Å²) >= 11 is 0. The summed E-state index contributed by atoms with van der Waals surface area (Å²) in [7, 11) is -3.21. The number of hydrogen-bond donors (Lipinski definition) is 2. The van der Waals surface area contributed by atoms with E-state index in [0.29, 0.717) is 10.9 Å². The Morgan fingerprint density at radius 1 is 1.35 bits per heavy atom. The van der Waals surface area contributed by atoms with Crippen LogP contribution in [0.3, 0.4) is 0 Å². The minimum absolute atomic E-state index is 0.110. The first-order valence-corrected chi connectivity index (χ1v) is 11.5. The minimum atomic E-state index is -3.21. The number of aryl methyl sites for hydroxylation is 1. The number of rotatable bonds is 7. The Bertz CT molecular complexity index is 1180. The van der Waals surface area contributed by atoms with Crippen molar-refractivity contribution in [2.75, 3.05) is 16.9 Å². The van der Waals surface area contributed by atoms with Gasteiger partial charge < -0.3 is 15.7 Å². The number of nitrogens with two attached hydrogens (primary N) is 1. The maximum Gasteiger partial charge on any atom is 0.265 e. The molecule has 1 aromatic carbocycles. The topological polar surface area (TPSA) is 119 Å². The van der Waals surface area contributed by atoms with E-state index in [1.807, 2.05) is 0 Å². The summed E-state index contributed by atoms with van der Waals surface area (Å²) in [6.45, 7) is 3.09. The van der Waals surface area contributed by atoms with Crippen molar-refractivity contribution in [3.63, 3.8) is 0 Å². The zero-order valence-corrected chi connectivity index (χ0v) is 18.1. The summed E-state index contributed by atoms with van der Waals surface area (Å²) in [5.74, 6) is -1.01. The molecule has 1 atom stereocenters. The zero-order valence-electron chi connectivity index (χ0n) is 17.3. The summed E-state index contributed by atoms with van der Waals surface area (Å²) in [4.78, 5) is 13.1. The number of aliphatic hydroxyl groups is 1. The predicted molar refractivity (Wildman–Crippen MR) is 113 cm³/mol. The molecule has 1 unspecified atom stereocenters. The lowest BCUT2D eigenvalue weighted by molar-refractivity contribution is -0.114. The molecule has 2 heterocycles. The molecule has 0 fully saturated rings. The van der Waals surface area contributed by atoms with Gasteiger partial charge in [-0.25, -0.2) is 17.2 Å². The van der Waals surface area contributed by atoms with Crippen molar-refractivity contribution >= 4 is 32.3 Å². The van der Waals surface area contributed by atoms with Gasteiger partial charge in [0.25, 0.3) is 12.3 Å². The summed E-state index contributed by atoms with van der Waals surface area (Å²) in [6.07, 6.45) is 3.82. The van der Waals surface area contributed by atoms with Crippen LogP contribution in [-0.4, -0.2) is 53.7 Å². The summed E-state index contributed by atoms with van der Waals surface area (Å²) in [6, 6.07) is 1.62. The van der Waals surface area contributed by atoms with Gasteiger partial charge in [0.2, 0.25) is 0 Å². The Hall–Kier alpha value is -2.79. The number of benzene rings is 1. The fourth-order valence-corrected chi connectivity index (χ4v) is 3.97. The van der Waals surface area contributed by atoms with E-state index in [-0.39, 0.29) is 29.2 Å². The molecule has 0 bridgehead atoms. The van der Waals surface area contributed by atoms with Gasteiger partial charge in [-0.1, -0.05) is 12.2 Å². The van der Waals surface area contributed by atoms with E-state index in [1.165, 1.54) is 42.8 Å². The van der Waals surface area contributed by atoms with Gasteiger partial charge >= 0.3 is 0 Å². The largest absolute Gasteiger partial charge is 0.386 e. The summed E-state index contributed by atoms with van der Waals surface area (Å²) < 4.78 is 52.0. The molecule has 1 aromatic heterocycles. The zero-order chi connectivity index (χ0) is 23.1. The van der Waals surface area contributed by atoms with Crippen LogP contribution in [-0.2, 0) is 26.8 Å². The third-order valence-corrected chi connectivity index (χ3v) is 5.83. The van der Waals surface area contributed by atoms with Crippen LogP contribution < -0.4 is 10.6 Å². The van der Waals surface area contributed by atoms with E-state index in [0.717, 1.165) is 11.2 Å². The van der Waals surface area contributed by atoms with Crippen molar-refractivity contribution in [3.05, 3.63) is 47.8 Å². The first-order chi connectivity index (χ1) is 14.3. The normalized spacial score (nSPS) is 17.5. The van der Waals surface area contributed by atoms with Gasteiger partial charge in [0.1, 0.15) is 21.6 Å². The van der Waals surface area contributed by atoms with E-state index in [1.54, 1.807) is 12.3 Å². The van der Waals surface area contributed by atoms with Crippen LogP contribution in [0.4, 0.5) is 14.5 Å². The number of aromatic nitrogens is 2. The molecule has 0 saturated carbocycles. The third kappa shape index (κ3) is 4.93. The fourth-order valence-electron chi connectivity index (χ4n) is 3.45. The average Bonchev–Trinajstić information content (AvgIpc) is 3.05. The van der Waals surface area contributed by atoms with Gasteiger partial charge in [0, 0.05) is 29.1 Å². The lowest BCUT2D eigenvalue weighted by Gasteiger charge is -2.37. The molecule has 3 rings (SSSR count). The Balaban J connectivity index is 2.20. The van der Waals surface area contributed by atoms with Crippen LogP contribution in [0, 0.1) is 0 Å². The molecule has 0 spiro atoms. The number of carbonyl (C=O) groups excluding carboxylic acids is 1. The first-order valence-electron chi connectivity index (χ1n) is 9.45. The first kappa shape index (κ1) is 22.9. The number of alkyl halides is 2. The molecule has 31 heavy (non-hydrogen) atoms. The third-order valence-electron chi connectivity index (χ3n) is 4.91. The molecule has 168 valence electrons. The molecule has 2 aromatic rings. The molecule has 1 aliphatic rings. The second-order valence-corrected chi connectivity index (χ2v) is 10.3. The van der Waals surface area contributed by atoms with E-state index in [4.69, 9.17) is 5.73 Å². The molecule has 0 radical (unpaired) electrons. The molecular weight excluding hydrogens is 430 g/mol. The maximum absolute atomic E-state index is 13.8. The molecule has 11 heteroatoms. The Morgan fingerprint density at radius 3 is 2.58 bits per heavy atom. The second-order valence-electron chi connectivity index (χ2n) is 8.01. The Morgan fingerprint density at radius 2 is 2.03 bits per heavy atom. The predicted octanol–water partition coefficient (Wildman–Crippen LogP) is 1.69. The highest BCUT2D eigenvalue weighted by Crippen LogP contribution is 2.38. The van der Waals surface area contributed by atoms with Gasteiger partial charge in [-0.3, -0.25) is 9.48 Å². The number of primary amides is 1. The highest BCUT2D eigenvalue weighted by atomic mass is 32.2. The molecule has 0 aliphatic carbocycles. The van der Waals surface area contributed by atoms with E-state index >= 15 is 0 Å². The number of sulfone groups is 1. The van der Waals surface area contributed by atoms with Crippen LogP contribution in [0.5, 0.6) is 0 Å². The number of amides is 1. The fraction of sp³-hybridized carbons (Fsp3) is 0.400. The van der Waals surface area contributed by atoms with Crippen LogP contribution in [0.2, 0.25) is 0 Å². The smallest absolute Gasteiger partial charge is 0.265 e. The number of allylic oxidation sites excluding steroid dienone is 2. The average molecular weight is 454 g/mol. The molecule has 8 nitrogen and oxygen atoms in total. The van der Waals surface area contributed by atoms with Crippen molar-refractivity contribution in [3.8, 4) is 0 Å². The van der Waals surface area contributed by atoms with Gasteiger partial charge in [-0.05, 0) is 32.1 Å². The van der Waals surface area contributed by atoms with Crippen LogP contribution >= 0.6 is 0 Å². The molecular formula is C20H24F2N4O4S. The number of halogens is 2. The summed E-state index contributed by atoms with van der Waals surface area (Å²) in [5.41, 5.74) is 4.74. The Labute approximate surface area is 178 Å². The number of anilines is 1. The van der Waals surface area contributed by atoms with Gasteiger partial charge in [-0.15, -0.1) is 0 Å². The number of carbonyl (C=O) groups is 1. The van der Waals surface area contributed by atoms with Gasteiger partial charge in [-0.2, -0.15) is 5.10 Å². The number of hydrogen-bond acceptors (Lipinski definition) is 6. The van der Waals surface area contributed by atoms with Crippen molar-refractivity contribution < 1.29 is 27.1 Å². The lowest BCUT2D eigenvalue weighted by Crippen LogP contribution is -2.44. The van der Waals surface area contributed by atoms with E-state index in [9.17, 15) is 27.1 Å². The Kier molecular flexibility index (Phi) is 5.94. The van der Waals surface area contributed by atoms with E-state index < -0.39 is 33.8 Å². The monoisotopic (exact) mass is 454 g/mol. The van der Waals surface area contributed by atoms with Gasteiger partial charge in [0.05, 0.1) is 23.4 Å². The van der Waals surface area contributed by atoms with Crippen molar-refractivity contribution in [2.45, 2.75) is 38.5 Å². The van der Waals surface area contributed by atoms with Gasteiger partial charge in [0.15, 0.2) is 0 Å². The number of fused-ring (bicyclic) bond motifs is 1. The molecule has 0 saturated heterocycles. The van der Waals surface area contributed by atoms with Crippen molar-refractivity contribution in [1.82, 2.24) is 9.78 Å². The van der Waals surface area contributed by atoms with Crippen molar-refractivity contribution in [1.29, 1.82) is 0 Å². The minimum Gasteiger partial charge on any atom is -0.386 e. The van der Waals surface area contributed by atoms with Crippen LogP contribution in [0.1, 0.15) is 19.4 Å². The quantitative estimate of drug-likeness (QED) is 0.657. The number of nitrogens with zero attached hydrogens (tertiary/aromatic N) is 3. The standard InChI is InChI=1S/C20H24F2N4O4S/c1-20(2,28)13-10-14-12(11-25(24-14)7-8-31(3,29)30)9-17(13)26-15(18(21)22)5-4-6-16(26)19(23)27/h4-6,9-11,15,18,28H,7-8H2,1-3H3,(H2,23,27). The highest BCUT2D eigenvalue weighted by molar-refractivity contribution is 7.90. The molecule has 1 aliphatic heterocycles. The van der Waals surface area contributed by atoms with Crippen LogP contribution in [0.15, 0.2) is 42.3 Å². The lowest BCUT2D eigenvalue weighted by atomic mass is 9.93. The summed E-state index contributed by atoms with van der Waals surface area (Å²) in [5, 5.41) is 15.6. The van der Waals surface area contributed by atoms with E-state index in [2.05, 4.69) is 5.10 Å². The second kappa shape index (κ2) is 8.04.